The maximum atomic E-state index is 12.7. The lowest BCUT2D eigenvalue weighted by molar-refractivity contribution is -0.133. The summed E-state index contributed by atoms with van der Waals surface area (Å²) in [5.41, 5.74) is 3.85. The van der Waals surface area contributed by atoms with Gasteiger partial charge in [-0.05, 0) is 62.2 Å². The van der Waals surface area contributed by atoms with Gasteiger partial charge in [0.05, 0.1) is 17.6 Å². The highest BCUT2D eigenvalue weighted by Crippen LogP contribution is 2.31. The van der Waals surface area contributed by atoms with E-state index in [1.807, 2.05) is 27.8 Å². The molecule has 1 aromatic heterocycles. The van der Waals surface area contributed by atoms with Crippen LogP contribution in [-0.4, -0.2) is 64.6 Å². The van der Waals surface area contributed by atoms with Gasteiger partial charge in [-0.15, -0.1) is 5.10 Å². The molecule has 2 saturated heterocycles. The number of anilines is 1. The molecule has 2 atom stereocenters. The monoisotopic (exact) mass is 472 g/mol. The van der Waals surface area contributed by atoms with E-state index in [9.17, 15) is 4.79 Å². The van der Waals surface area contributed by atoms with E-state index in [0.29, 0.717) is 10.0 Å². The highest BCUT2D eigenvalue weighted by molar-refractivity contribution is 6.35. The predicted octanol–water partition coefficient (Wildman–Crippen LogP) is 3.75. The van der Waals surface area contributed by atoms with Gasteiger partial charge >= 0.3 is 0 Å². The molecule has 5 rings (SSSR count). The first-order valence-corrected chi connectivity index (χ1v) is 11.8. The second-order valence-electron chi connectivity index (χ2n) is 8.51. The fraction of sp³-hybridized carbons (Fsp3) is 0.435. The van der Waals surface area contributed by atoms with E-state index in [4.69, 9.17) is 23.2 Å². The normalized spacial score (nSPS) is 20.2. The highest BCUT2D eigenvalue weighted by atomic mass is 35.5. The lowest BCUT2D eigenvalue weighted by atomic mass is 10.1. The minimum Gasteiger partial charge on any atom is -0.368 e. The van der Waals surface area contributed by atoms with Crippen molar-refractivity contribution < 1.29 is 4.79 Å². The van der Waals surface area contributed by atoms with E-state index < -0.39 is 0 Å². The largest absolute Gasteiger partial charge is 0.368 e. The van der Waals surface area contributed by atoms with Crippen LogP contribution in [0.5, 0.6) is 0 Å². The average molecular weight is 473 g/mol. The minimum atomic E-state index is -0.0894. The number of hydrogen-bond donors (Lipinski definition) is 1. The van der Waals surface area contributed by atoms with Gasteiger partial charge < -0.3 is 15.1 Å². The first kappa shape index (κ1) is 21.5. The number of halogens is 2. The molecule has 0 saturated carbocycles. The van der Waals surface area contributed by atoms with E-state index >= 15 is 0 Å². The second-order valence-corrected chi connectivity index (χ2v) is 9.35. The maximum Gasteiger partial charge on any atom is 0.239 e. The first-order valence-electron chi connectivity index (χ1n) is 11.1. The Morgan fingerprint density at radius 3 is 2.66 bits per heavy atom. The van der Waals surface area contributed by atoms with E-state index in [1.165, 1.54) is 0 Å². The van der Waals surface area contributed by atoms with Gasteiger partial charge in [-0.25, -0.2) is 4.68 Å². The van der Waals surface area contributed by atoms with Crippen molar-refractivity contribution in [2.75, 3.05) is 37.6 Å². The predicted molar refractivity (Wildman–Crippen MR) is 128 cm³/mol. The Morgan fingerprint density at radius 1 is 1.12 bits per heavy atom. The summed E-state index contributed by atoms with van der Waals surface area (Å²) in [4.78, 5) is 17.0. The number of benzene rings is 2. The van der Waals surface area contributed by atoms with Crippen LogP contribution < -0.4 is 10.2 Å². The number of hydrogen-bond acceptors (Lipinski definition) is 5. The third kappa shape index (κ3) is 4.05. The Hall–Kier alpha value is -2.35. The number of nitrogens with one attached hydrogen (secondary N) is 1. The fourth-order valence-corrected chi connectivity index (χ4v) is 5.25. The van der Waals surface area contributed by atoms with E-state index in [2.05, 4.69) is 39.6 Å². The zero-order valence-corrected chi connectivity index (χ0v) is 19.5. The summed E-state index contributed by atoms with van der Waals surface area (Å²) in [6, 6.07) is 11.6. The minimum absolute atomic E-state index is 0.000458. The molecule has 168 valence electrons. The first-order chi connectivity index (χ1) is 15.5. The number of piperazine rings is 1. The topological polar surface area (TPSA) is 66.3 Å². The van der Waals surface area contributed by atoms with Crippen LogP contribution in [0.3, 0.4) is 0 Å². The molecule has 7 nitrogen and oxygen atoms in total. The van der Waals surface area contributed by atoms with Crippen molar-refractivity contribution in [3.63, 3.8) is 0 Å². The van der Waals surface area contributed by atoms with Gasteiger partial charge in [0.15, 0.2) is 0 Å². The number of carbonyl (C=O) groups excluding carboxylic acids is 1. The molecule has 2 aliphatic heterocycles. The van der Waals surface area contributed by atoms with Crippen molar-refractivity contribution in [1.82, 2.24) is 25.2 Å². The molecule has 2 aliphatic rings. The highest BCUT2D eigenvalue weighted by Gasteiger charge is 2.29. The quantitative estimate of drug-likeness (QED) is 0.626. The number of amides is 1. The summed E-state index contributed by atoms with van der Waals surface area (Å²) in [6.07, 6.45) is 2.03. The molecule has 3 aromatic rings. The smallest absolute Gasteiger partial charge is 0.239 e. The lowest BCUT2D eigenvalue weighted by Gasteiger charge is -2.37. The van der Waals surface area contributed by atoms with Gasteiger partial charge in [0, 0.05) is 41.9 Å². The van der Waals surface area contributed by atoms with Gasteiger partial charge in [-0.3, -0.25) is 4.79 Å². The average Bonchev–Trinajstić information content (AvgIpc) is 3.48. The molecule has 1 amide bonds. The summed E-state index contributed by atoms with van der Waals surface area (Å²) in [5.74, 6) is 0.244. The van der Waals surface area contributed by atoms with Crippen molar-refractivity contribution in [3.8, 4) is 0 Å². The molecule has 2 aromatic carbocycles. The van der Waals surface area contributed by atoms with Gasteiger partial charge in [0.2, 0.25) is 5.91 Å². The number of carbonyl (C=O) groups is 1. The van der Waals surface area contributed by atoms with Gasteiger partial charge in [0.1, 0.15) is 5.52 Å². The lowest BCUT2D eigenvalue weighted by Crippen LogP contribution is -2.53. The van der Waals surface area contributed by atoms with Crippen LogP contribution in [0.15, 0.2) is 36.4 Å². The van der Waals surface area contributed by atoms with Crippen LogP contribution in [0.4, 0.5) is 5.69 Å². The fourth-order valence-electron chi connectivity index (χ4n) is 4.68. The third-order valence-corrected chi connectivity index (χ3v) is 7.11. The number of aromatic nitrogens is 3. The van der Waals surface area contributed by atoms with Gasteiger partial charge in [0.25, 0.3) is 0 Å². The van der Waals surface area contributed by atoms with Gasteiger partial charge in [-0.1, -0.05) is 34.5 Å². The Kier molecular flexibility index (Phi) is 5.97. The molecule has 9 heteroatoms. The molecule has 1 N–H and O–H groups in total. The van der Waals surface area contributed by atoms with Crippen molar-refractivity contribution in [1.29, 1.82) is 0 Å². The van der Waals surface area contributed by atoms with Crippen LogP contribution in [-0.2, 0) is 4.79 Å². The number of fused-ring (bicyclic) bond motifs is 1. The molecular weight excluding hydrogens is 447 g/mol. The van der Waals surface area contributed by atoms with Gasteiger partial charge in [-0.2, -0.15) is 0 Å². The Balaban J connectivity index is 1.34. The summed E-state index contributed by atoms with van der Waals surface area (Å²) >= 11 is 12.5. The van der Waals surface area contributed by atoms with Crippen LogP contribution >= 0.6 is 23.2 Å². The molecule has 0 aliphatic carbocycles. The zero-order valence-electron chi connectivity index (χ0n) is 18.0. The van der Waals surface area contributed by atoms with Crippen LogP contribution in [0.2, 0.25) is 10.0 Å². The standard InChI is InChI=1S/C23H26Cl2N6O/c1-15(18-6-4-16(24)13-19(18)25)31-22-14-17(5-7-20(22)27-28-31)29-9-11-30(12-10-29)23(32)21-3-2-8-26-21/h4-7,13-15,21,26H,2-3,8-12H2,1H3. The Morgan fingerprint density at radius 2 is 1.94 bits per heavy atom. The summed E-state index contributed by atoms with van der Waals surface area (Å²) in [7, 11) is 0. The summed E-state index contributed by atoms with van der Waals surface area (Å²) < 4.78 is 1.90. The molecule has 0 spiro atoms. The van der Waals surface area contributed by atoms with Crippen molar-refractivity contribution in [2.24, 2.45) is 0 Å². The molecule has 2 fully saturated rings. The van der Waals surface area contributed by atoms with Crippen molar-refractivity contribution in [3.05, 3.63) is 52.0 Å². The Bertz CT molecular complexity index is 1130. The van der Waals surface area contributed by atoms with Crippen molar-refractivity contribution >= 4 is 45.8 Å². The summed E-state index contributed by atoms with van der Waals surface area (Å²) in [6.45, 7) is 6.09. The zero-order chi connectivity index (χ0) is 22.2. The third-order valence-electron chi connectivity index (χ3n) is 6.55. The number of nitrogens with zero attached hydrogens (tertiary/aromatic N) is 5. The molecule has 0 radical (unpaired) electrons. The van der Waals surface area contributed by atoms with Crippen LogP contribution in [0.25, 0.3) is 11.0 Å². The second kappa shape index (κ2) is 8.89. The summed E-state index contributed by atoms with van der Waals surface area (Å²) in [5, 5.41) is 13.3. The SMILES string of the molecule is CC(c1ccc(Cl)cc1Cl)n1nnc2ccc(N3CCN(C(=O)C4CCCN4)CC3)cc21. The van der Waals surface area contributed by atoms with E-state index in [-0.39, 0.29) is 18.0 Å². The van der Waals surface area contributed by atoms with Crippen LogP contribution in [0.1, 0.15) is 31.4 Å². The molecule has 3 heterocycles. The van der Waals surface area contributed by atoms with E-state index in [1.54, 1.807) is 6.07 Å². The van der Waals surface area contributed by atoms with Crippen molar-refractivity contribution in [2.45, 2.75) is 31.8 Å². The maximum absolute atomic E-state index is 12.7. The number of rotatable bonds is 4. The molecule has 2 unspecified atom stereocenters. The Labute approximate surface area is 197 Å². The molecular formula is C23H26Cl2N6O. The van der Waals surface area contributed by atoms with E-state index in [0.717, 1.165) is 67.8 Å². The van der Waals surface area contributed by atoms with Crippen LogP contribution in [0, 0.1) is 0 Å². The molecule has 32 heavy (non-hydrogen) atoms. The molecule has 0 bridgehead atoms.